The van der Waals surface area contributed by atoms with Crippen LogP contribution in [0.25, 0.3) is 0 Å². The predicted molar refractivity (Wildman–Crippen MR) is 166 cm³/mol. The molecule has 0 aliphatic carbocycles. The van der Waals surface area contributed by atoms with E-state index in [9.17, 15) is 18.0 Å². The molecule has 0 heterocycles. The Balaban J connectivity index is 2.02. The summed E-state index contributed by atoms with van der Waals surface area (Å²) in [5.41, 5.74) is 3.10. The van der Waals surface area contributed by atoms with Crippen LogP contribution in [-0.2, 0) is 26.2 Å². The number of sulfonamides is 1. The monoisotopic (exact) mass is 597 g/mol. The Morgan fingerprint density at radius 3 is 1.98 bits per heavy atom. The molecular formula is C32H40ClN3O4S. The molecule has 2 amide bonds. The molecule has 0 spiro atoms. The number of benzene rings is 3. The van der Waals surface area contributed by atoms with Gasteiger partial charge in [0.15, 0.2) is 0 Å². The summed E-state index contributed by atoms with van der Waals surface area (Å²) in [7, 11) is -4.11. The molecule has 0 saturated carbocycles. The van der Waals surface area contributed by atoms with E-state index in [1.54, 1.807) is 55.5 Å². The number of halogens is 1. The normalized spacial score (nSPS) is 12.3. The Bertz CT molecular complexity index is 1420. The van der Waals surface area contributed by atoms with Crippen molar-refractivity contribution in [3.05, 3.63) is 94.5 Å². The number of rotatable bonds is 12. The average Bonchev–Trinajstić information content (AvgIpc) is 2.94. The van der Waals surface area contributed by atoms with Gasteiger partial charge in [-0.15, -0.1) is 0 Å². The molecule has 1 atom stereocenters. The van der Waals surface area contributed by atoms with Crippen LogP contribution in [0.5, 0.6) is 0 Å². The highest BCUT2D eigenvalue weighted by Crippen LogP contribution is 2.27. The van der Waals surface area contributed by atoms with Gasteiger partial charge in [0, 0.05) is 18.1 Å². The zero-order chi connectivity index (χ0) is 30.3. The van der Waals surface area contributed by atoms with Gasteiger partial charge in [0.25, 0.3) is 10.0 Å². The van der Waals surface area contributed by atoms with Gasteiger partial charge in [-0.1, -0.05) is 81.3 Å². The minimum atomic E-state index is -4.11. The van der Waals surface area contributed by atoms with E-state index < -0.39 is 28.5 Å². The molecule has 0 aromatic heterocycles. The van der Waals surface area contributed by atoms with E-state index in [2.05, 4.69) is 19.2 Å². The first kappa shape index (κ1) is 32.2. The summed E-state index contributed by atoms with van der Waals surface area (Å²) in [6.07, 6.45) is 0. The lowest BCUT2D eigenvalue weighted by Gasteiger charge is -2.32. The first-order valence-corrected chi connectivity index (χ1v) is 15.6. The third-order valence-electron chi connectivity index (χ3n) is 6.85. The quantitative estimate of drug-likeness (QED) is 0.271. The molecule has 0 radical (unpaired) electrons. The van der Waals surface area contributed by atoms with Crippen molar-refractivity contribution in [1.29, 1.82) is 0 Å². The fourth-order valence-electron chi connectivity index (χ4n) is 4.21. The van der Waals surface area contributed by atoms with Crippen molar-refractivity contribution in [2.75, 3.05) is 17.4 Å². The maximum atomic E-state index is 14.0. The molecule has 0 saturated heterocycles. The first-order chi connectivity index (χ1) is 19.3. The van der Waals surface area contributed by atoms with Crippen molar-refractivity contribution >= 4 is 39.1 Å². The van der Waals surface area contributed by atoms with Gasteiger partial charge >= 0.3 is 0 Å². The minimum absolute atomic E-state index is 0.0795. The summed E-state index contributed by atoms with van der Waals surface area (Å²) in [6, 6.07) is 19.9. The molecule has 0 bridgehead atoms. The molecule has 3 rings (SSSR count). The predicted octanol–water partition coefficient (Wildman–Crippen LogP) is 6.16. The lowest BCUT2D eigenvalue weighted by atomic mass is 10.0. The first-order valence-electron chi connectivity index (χ1n) is 13.8. The molecular weight excluding hydrogens is 558 g/mol. The van der Waals surface area contributed by atoms with Crippen molar-refractivity contribution in [2.45, 2.75) is 64.9 Å². The Morgan fingerprint density at radius 2 is 1.44 bits per heavy atom. The van der Waals surface area contributed by atoms with E-state index in [4.69, 9.17) is 11.6 Å². The zero-order valence-electron chi connectivity index (χ0n) is 24.6. The van der Waals surface area contributed by atoms with Crippen LogP contribution in [0.15, 0.2) is 77.7 Å². The summed E-state index contributed by atoms with van der Waals surface area (Å²) < 4.78 is 29.0. The largest absolute Gasteiger partial charge is 0.354 e. The van der Waals surface area contributed by atoms with Crippen molar-refractivity contribution in [3.8, 4) is 0 Å². The Morgan fingerprint density at radius 1 is 0.854 bits per heavy atom. The van der Waals surface area contributed by atoms with Crippen LogP contribution in [-0.4, -0.2) is 44.3 Å². The second-order valence-corrected chi connectivity index (χ2v) is 13.3. The van der Waals surface area contributed by atoms with Gasteiger partial charge in [-0.3, -0.25) is 13.9 Å². The van der Waals surface area contributed by atoms with E-state index >= 15 is 0 Å². The maximum Gasteiger partial charge on any atom is 0.264 e. The van der Waals surface area contributed by atoms with Crippen LogP contribution in [0, 0.1) is 12.8 Å². The Labute approximate surface area is 249 Å². The minimum Gasteiger partial charge on any atom is -0.354 e. The number of amides is 2. The third-order valence-corrected chi connectivity index (χ3v) is 8.89. The van der Waals surface area contributed by atoms with Gasteiger partial charge in [0.2, 0.25) is 11.8 Å². The summed E-state index contributed by atoms with van der Waals surface area (Å²) in [5, 5.41) is 3.44. The molecule has 3 aromatic carbocycles. The molecule has 0 fully saturated rings. The van der Waals surface area contributed by atoms with Crippen molar-refractivity contribution in [2.24, 2.45) is 5.92 Å². The van der Waals surface area contributed by atoms with Gasteiger partial charge in [-0.25, -0.2) is 8.42 Å². The number of carbonyl (C=O) groups is 2. The smallest absolute Gasteiger partial charge is 0.264 e. The topological polar surface area (TPSA) is 86.8 Å². The maximum absolute atomic E-state index is 14.0. The lowest BCUT2D eigenvalue weighted by molar-refractivity contribution is -0.139. The summed E-state index contributed by atoms with van der Waals surface area (Å²) >= 11 is 6.06. The van der Waals surface area contributed by atoms with Crippen LogP contribution in [0.1, 0.15) is 57.2 Å². The number of nitrogens with one attached hydrogen (secondary N) is 1. The number of anilines is 1. The summed E-state index contributed by atoms with van der Waals surface area (Å²) in [4.78, 5) is 28.6. The molecule has 41 heavy (non-hydrogen) atoms. The fourth-order valence-corrected chi connectivity index (χ4v) is 5.75. The van der Waals surface area contributed by atoms with Crippen LogP contribution in [0.4, 0.5) is 5.69 Å². The third kappa shape index (κ3) is 8.57. The second kappa shape index (κ2) is 14.0. The standard InChI is InChI=1S/C32H40ClN3O4S/c1-22(2)19-34-32(38)25(6)35(20-26-9-13-28(33)14-10-26)31(37)21-36(29-15-11-27(12-16-29)23(3)4)41(39,40)30-17-7-24(5)8-18-30/h7-18,22-23,25H,19-21H2,1-6H3,(H,34,38)/t25-/m0/s1. The van der Waals surface area contributed by atoms with E-state index in [0.717, 1.165) is 21.0 Å². The van der Waals surface area contributed by atoms with Gasteiger partial charge in [-0.2, -0.15) is 0 Å². The van der Waals surface area contributed by atoms with Crippen LogP contribution in [0.2, 0.25) is 5.02 Å². The molecule has 220 valence electrons. The molecule has 0 aliphatic heterocycles. The summed E-state index contributed by atoms with van der Waals surface area (Å²) in [5.74, 6) is -0.325. The lowest BCUT2D eigenvalue weighted by Crippen LogP contribution is -2.51. The molecule has 0 aliphatic rings. The number of hydrogen-bond donors (Lipinski definition) is 1. The van der Waals surface area contributed by atoms with Crippen molar-refractivity contribution < 1.29 is 18.0 Å². The number of carbonyl (C=O) groups excluding carboxylic acids is 2. The van der Waals surface area contributed by atoms with Gasteiger partial charge in [0.1, 0.15) is 12.6 Å². The molecule has 0 unspecified atom stereocenters. The average molecular weight is 598 g/mol. The van der Waals surface area contributed by atoms with Crippen LogP contribution >= 0.6 is 11.6 Å². The number of aryl methyl sites for hydroxylation is 1. The molecule has 1 N–H and O–H groups in total. The fraction of sp³-hybridized carbons (Fsp3) is 0.375. The summed E-state index contributed by atoms with van der Waals surface area (Å²) in [6.45, 7) is 11.7. The highest BCUT2D eigenvalue weighted by atomic mass is 35.5. The highest BCUT2D eigenvalue weighted by molar-refractivity contribution is 7.92. The van der Waals surface area contributed by atoms with E-state index in [1.165, 1.54) is 17.0 Å². The van der Waals surface area contributed by atoms with Crippen molar-refractivity contribution in [3.63, 3.8) is 0 Å². The Hall–Kier alpha value is -3.36. The van der Waals surface area contributed by atoms with E-state index in [1.807, 2.05) is 32.9 Å². The zero-order valence-corrected chi connectivity index (χ0v) is 26.2. The Kier molecular flexibility index (Phi) is 11.0. The van der Waals surface area contributed by atoms with Gasteiger partial charge in [0.05, 0.1) is 10.6 Å². The van der Waals surface area contributed by atoms with Crippen molar-refractivity contribution in [1.82, 2.24) is 10.2 Å². The number of hydrogen-bond acceptors (Lipinski definition) is 4. The van der Waals surface area contributed by atoms with Gasteiger partial charge < -0.3 is 10.2 Å². The second-order valence-electron chi connectivity index (χ2n) is 11.0. The SMILES string of the molecule is Cc1ccc(S(=O)(=O)N(CC(=O)N(Cc2ccc(Cl)cc2)[C@@H](C)C(=O)NCC(C)C)c2ccc(C(C)C)cc2)cc1. The van der Waals surface area contributed by atoms with Gasteiger partial charge in [-0.05, 0) is 73.2 Å². The molecule has 3 aromatic rings. The van der Waals surface area contributed by atoms with Crippen LogP contribution < -0.4 is 9.62 Å². The van der Waals surface area contributed by atoms with Crippen LogP contribution in [0.3, 0.4) is 0 Å². The molecule has 9 heteroatoms. The highest BCUT2D eigenvalue weighted by Gasteiger charge is 2.32. The molecule has 7 nitrogen and oxygen atoms in total. The number of nitrogens with zero attached hydrogens (tertiary/aromatic N) is 2. The van der Waals surface area contributed by atoms with E-state index in [0.29, 0.717) is 17.3 Å². The van der Waals surface area contributed by atoms with E-state index in [-0.39, 0.29) is 29.2 Å².